The molecular weight excluding hydrogens is 583 g/mol. The molecule has 3 N–H and O–H groups in total. The fourth-order valence-corrected chi connectivity index (χ4v) is 5.79. The van der Waals surface area contributed by atoms with Gasteiger partial charge in [0.2, 0.25) is 0 Å². The fourth-order valence-electron chi connectivity index (χ4n) is 4.93. The van der Waals surface area contributed by atoms with Crippen molar-refractivity contribution < 1.29 is 27.5 Å². The van der Waals surface area contributed by atoms with E-state index in [9.17, 15) is 22.8 Å². The van der Waals surface area contributed by atoms with Gasteiger partial charge in [-0.05, 0) is 74.3 Å². The number of amides is 1. The molecule has 1 amide bonds. The van der Waals surface area contributed by atoms with Gasteiger partial charge in [-0.1, -0.05) is 17.4 Å². The Morgan fingerprint density at radius 1 is 1.14 bits per heavy atom. The molecule has 1 fully saturated rings. The Hall–Kier alpha value is -4.14. The number of ether oxygens (including phenoxy) is 1. The number of methoxy groups -OCH3 is 1. The number of nitrogens with one attached hydrogen (secondary N) is 3. The Labute approximate surface area is 251 Å². The number of hydrogen-bond acceptors (Lipinski definition) is 10. The summed E-state index contributed by atoms with van der Waals surface area (Å²) in [6, 6.07) is 8.83. The molecule has 0 atom stereocenters. The number of carbonyl (C=O) groups is 2. The van der Waals surface area contributed by atoms with Gasteiger partial charge in [-0.15, -0.1) is 5.53 Å². The number of hydrogen-bond donors (Lipinski definition) is 3. The van der Waals surface area contributed by atoms with Crippen molar-refractivity contribution in [2.75, 3.05) is 49.4 Å². The van der Waals surface area contributed by atoms with Crippen LogP contribution in [0.15, 0.2) is 48.8 Å². The number of nitrogens with zero attached hydrogens (tertiary/aromatic N) is 4. The molecule has 2 aliphatic heterocycles. The van der Waals surface area contributed by atoms with Gasteiger partial charge in [0.05, 0.1) is 28.9 Å². The van der Waals surface area contributed by atoms with E-state index in [1.54, 1.807) is 40.5 Å². The predicted octanol–water partition coefficient (Wildman–Crippen LogP) is 5.07. The molecule has 3 heterocycles. The zero-order chi connectivity index (χ0) is 30.7. The highest BCUT2D eigenvalue weighted by Crippen LogP contribution is 2.34. The fraction of sp³-hybridized carbons (Fsp3) is 0.345. The van der Waals surface area contributed by atoms with Crippen molar-refractivity contribution in [1.82, 2.24) is 20.4 Å². The third-order valence-corrected chi connectivity index (χ3v) is 8.13. The van der Waals surface area contributed by atoms with Crippen molar-refractivity contribution in [3.05, 3.63) is 75.9 Å². The predicted molar refractivity (Wildman–Crippen MR) is 159 cm³/mol. The third kappa shape index (κ3) is 7.27. The van der Waals surface area contributed by atoms with E-state index in [4.69, 9.17) is 0 Å². The average Bonchev–Trinajstić information content (AvgIpc) is 3.73. The van der Waals surface area contributed by atoms with Crippen LogP contribution >= 0.6 is 11.3 Å². The highest BCUT2D eigenvalue weighted by atomic mass is 32.1. The second-order valence-electron chi connectivity index (χ2n) is 10.4. The van der Waals surface area contributed by atoms with Gasteiger partial charge in [-0.3, -0.25) is 24.5 Å². The third-order valence-electron chi connectivity index (χ3n) is 7.15. The molecule has 0 radical (unpaired) electrons. The van der Waals surface area contributed by atoms with Crippen LogP contribution in [0.5, 0.6) is 0 Å². The van der Waals surface area contributed by atoms with Gasteiger partial charge >= 0.3 is 12.1 Å². The van der Waals surface area contributed by atoms with E-state index in [1.807, 2.05) is 20.2 Å². The van der Waals surface area contributed by atoms with Crippen molar-refractivity contribution in [2.45, 2.75) is 32.5 Å². The molecule has 1 saturated heterocycles. The van der Waals surface area contributed by atoms with Gasteiger partial charge in [0.25, 0.3) is 5.91 Å². The van der Waals surface area contributed by atoms with Crippen molar-refractivity contribution >= 4 is 45.4 Å². The number of esters is 1. The number of aromatic nitrogens is 1. The van der Waals surface area contributed by atoms with Crippen LogP contribution in [0.4, 0.5) is 29.7 Å². The van der Waals surface area contributed by atoms with Crippen LogP contribution in [-0.4, -0.2) is 60.6 Å². The lowest BCUT2D eigenvalue weighted by Gasteiger charge is -2.22. The summed E-state index contributed by atoms with van der Waals surface area (Å²) in [5.41, 5.74) is 5.65. The molecule has 0 bridgehead atoms. The number of benzene rings is 2. The topological polar surface area (TPSA) is 102 Å². The molecule has 5 rings (SSSR count). The maximum atomic E-state index is 13.7. The van der Waals surface area contributed by atoms with Crippen LogP contribution in [0, 0.1) is 6.92 Å². The molecule has 3 aromatic rings. The molecule has 10 nitrogen and oxygen atoms in total. The van der Waals surface area contributed by atoms with Crippen LogP contribution in [0.1, 0.15) is 44.8 Å². The van der Waals surface area contributed by atoms with Crippen LogP contribution < -0.4 is 21.2 Å². The van der Waals surface area contributed by atoms with E-state index < -0.39 is 23.6 Å². The molecule has 43 heavy (non-hydrogen) atoms. The molecule has 14 heteroatoms. The normalized spacial score (nSPS) is 15.5. The van der Waals surface area contributed by atoms with E-state index >= 15 is 0 Å². The van der Waals surface area contributed by atoms with Crippen LogP contribution in [0.2, 0.25) is 0 Å². The van der Waals surface area contributed by atoms with Gasteiger partial charge in [-0.2, -0.15) is 13.2 Å². The number of alkyl halides is 3. The Morgan fingerprint density at radius 3 is 2.63 bits per heavy atom. The lowest BCUT2D eigenvalue weighted by molar-refractivity contribution is -0.139. The van der Waals surface area contributed by atoms with Gasteiger partial charge in [0, 0.05) is 37.2 Å². The summed E-state index contributed by atoms with van der Waals surface area (Å²) in [6.45, 7) is 3.97. The summed E-state index contributed by atoms with van der Waals surface area (Å²) >= 11 is 1.36. The number of anilines is 3. The van der Waals surface area contributed by atoms with E-state index in [-0.39, 0.29) is 17.8 Å². The SMILES string of the molecule is COC(=O)CNc1ncc(C2=CN(c3cc(C(=O)Nc4cc(CN5CCCC5)cc(C(F)(F)F)c4)ccc3C)NN2C)s1. The number of thiazole rings is 1. The molecule has 0 spiro atoms. The highest BCUT2D eigenvalue weighted by molar-refractivity contribution is 7.16. The Bertz CT molecular complexity index is 1540. The highest BCUT2D eigenvalue weighted by Gasteiger charge is 2.32. The van der Waals surface area contributed by atoms with E-state index in [0.29, 0.717) is 22.9 Å². The van der Waals surface area contributed by atoms with Crippen molar-refractivity contribution in [3.8, 4) is 0 Å². The van der Waals surface area contributed by atoms with Gasteiger partial charge < -0.3 is 15.4 Å². The number of likely N-dealkylation sites (tertiary alicyclic amines) is 1. The molecule has 1 aromatic heterocycles. The largest absolute Gasteiger partial charge is 0.468 e. The lowest BCUT2D eigenvalue weighted by atomic mass is 10.1. The smallest absolute Gasteiger partial charge is 0.416 e. The average molecular weight is 616 g/mol. The number of halogens is 3. The van der Waals surface area contributed by atoms with Crippen molar-refractivity contribution in [2.24, 2.45) is 0 Å². The molecule has 228 valence electrons. The van der Waals surface area contributed by atoms with Crippen LogP contribution in [-0.2, 0) is 22.3 Å². The maximum Gasteiger partial charge on any atom is 0.416 e. The quantitative estimate of drug-likeness (QED) is 0.285. The second kappa shape index (κ2) is 12.6. The first-order chi connectivity index (χ1) is 20.5. The Balaban J connectivity index is 1.34. The standard InChI is InChI=1S/C29H32F3N7O3S/c1-18-6-7-20(27(41)35-22-11-19(16-38-8-4-5-9-38)10-21(13-22)29(30,31)32)12-23(18)39-17-24(37(2)36-39)25-14-33-28(43-25)34-15-26(40)42-3/h6-7,10-14,17,36H,4-5,8-9,15-16H2,1-3H3,(H,33,34)(H,35,41). The van der Waals surface area contributed by atoms with Gasteiger partial charge in [0.15, 0.2) is 5.13 Å². The number of aryl methyl sites for hydroxylation is 1. The molecule has 2 aliphatic rings. The minimum atomic E-state index is -4.54. The summed E-state index contributed by atoms with van der Waals surface area (Å²) in [4.78, 5) is 31.9. The molecule has 0 aliphatic carbocycles. The maximum absolute atomic E-state index is 13.7. The molecule has 2 aromatic carbocycles. The monoisotopic (exact) mass is 615 g/mol. The zero-order valence-corrected chi connectivity index (χ0v) is 24.7. The molecule has 0 unspecified atom stereocenters. The van der Waals surface area contributed by atoms with E-state index in [2.05, 4.69) is 30.8 Å². The molecule has 0 saturated carbocycles. The number of rotatable bonds is 9. The summed E-state index contributed by atoms with van der Waals surface area (Å²) in [6.07, 6.45) is 1.04. The van der Waals surface area contributed by atoms with Crippen LogP contribution in [0.3, 0.4) is 0 Å². The van der Waals surface area contributed by atoms with Crippen molar-refractivity contribution in [3.63, 3.8) is 0 Å². The van der Waals surface area contributed by atoms with Gasteiger partial charge in [-0.25, -0.2) is 4.98 Å². The second-order valence-corrected chi connectivity index (χ2v) is 11.4. The first-order valence-electron chi connectivity index (χ1n) is 13.6. The minimum absolute atomic E-state index is 0.00295. The Kier molecular flexibility index (Phi) is 8.89. The Morgan fingerprint density at radius 2 is 1.91 bits per heavy atom. The van der Waals surface area contributed by atoms with E-state index in [0.717, 1.165) is 54.2 Å². The number of carbonyl (C=O) groups excluding carboxylic acids is 2. The summed E-state index contributed by atoms with van der Waals surface area (Å²) in [5, 5.41) is 9.69. The minimum Gasteiger partial charge on any atom is -0.468 e. The summed E-state index contributed by atoms with van der Waals surface area (Å²) in [5.74, 6) is -0.926. The van der Waals surface area contributed by atoms with Gasteiger partial charge in [0.1, 0.15) is 6.54 Å². The summed E-state index contributed by atoms with van der Waals surface area (Å²) in [7, 11) is 3.14. The summed E-state index contributed by atoms with van der Waals surface area (Å²) < 4.78 is 45.7. The zero-order valence-electron chi connectivity index (χ0n) is 23.9. The lowest BCUT2D eigenvalue weighted by Crippen LogP contribution is -2.38. The van der Waals surface area contributed by atoms with Crippen molar-refractivity contribution in [1.29, 1.82) is 0 Å². The first kappa shape index (κ1) is 30.3. The van der Waals surface area contributed by atoms with Crippen LogP contribution in [0.25, 0.3) is 5.70 Å². The van der Waals surface area contributed by atoms with E-state index in [1.165, 1.54) is 18.4 Å². The first-order valence-corrected chi connectivity index (χ1v) is 14.5. The molecular formula is C29H32F3N7O3S. The number of hydrazine groups is 2.